The van der Waals surface area contributed by atoms with Gasteiger partial charge < -0.3 is 10.4 Å². The van der Waals surface area contributed by atoms with E-state index in [1.165, 1.54) is 5.56 Å². The Labute approximate surface area is 182 Å². The number of hydrogen-bond acceptors (Lipinski definition) is 3. The van der Waals surface area contributed by atoms with E-state index in [-0.39, 0.29) is 11.8 Å². The maximum atomic E-state index is 10.9. The molecule has 0 bridgehead atoms. The van der Waals surface area contributed by atoms with Crippen LogP contribution in [0.1, 0.15) is 37.5 Å². The van der Waals surface area contributed by atoms with Crippen molar-refractivity contribution in [3.8, 4) is 11.1 Å². The second-order valence-electron chi connectivity index (χ2n) is 8.87. The van der Waals surface area contributed by atoms with Crippen LogP contribution in [0.25, 0.3) is 22.0 Å². The topological polar surface area (TPSA) is 78.0 Å². The lowest BCUT2D eigenvalue weighted by Crippen LogP contribution is -2.10. The van der Waals surface area contributed by atoms with Gasteiger partial charge in [0.05, 0.1) is 17.3 Å². The lowest BCUT2D eigenvalue weighted by atomic mass is 9.86. The van der Waals surface area contributed by atoms with Crippen molar-refractivity contribution >= 4 is 22.7 Å². The van der Waals surface area contributed by atoms with E-state index in [0.29, 0.717) is 6.54 Å². The zero-order valence-corrected chi connectivity index (χ0v) is 18.1. The first-order valence-corrected chi connectivity index (χ1v) is 10.4. The number of H-pyrrole nitrogens is 1. The Hall–Kier alpha value is -3.60. The van der Waals surface area contributed by atoms with Crippen LogP contribution in [0.15, 0.2) is 66.7 Å². The largest absolute Gasteiger partial charge is 0.481 e. The molecule has 0 atom stereocenters. The summed E-state index contributed by atoms with van der Waals surface area (Å²) in [6, 6.07) is 22.5. The van der Waals surface area contributed by atoms with E-state index in [9.17, 15) is 4.79 Å². The standard InChI is InChI=1S/C26H27N3O2/c1-26(2,3)20-13-11-19(12-14-20)21-5-4-6-22-24(21)25(29-28-22)27-16-18-9-7-17(8-10-18)15-23(30)31/h4-14H,15-16H2,1-3H3,(H,30,31)(H2,27,28,29). The van der Waals surface area contributed by atoms with Crippen LogP contribution in [-0.2, 0) is 23.2 Å². The number of nitrogens with one attached hydrogen (secondary N) is 2. The number of aromatic amines is 1. The summed E-state index contributed by atoms with van der Waals surface area (Å²) in [5, 5.41) is 21.0. The lowest BCUT2D eigenvalue weighted by Gasteiger charge is -2.19. The van der Waals surface area contributed by atoms with Crippen molar-refractivity contribution < 1.29 is 9.90 Å². The molecule has 4 rings (SSSR count). The van der Waals surface area contributed by atoms with Gasteiger partial charge >= 0.3 is 5.97 Å². The van der Waals surface area contributed by atoms with Crippen LogP contribution in [0.5, 0.6) is 0 Å². The first-order chi connectivity index (χ1) is 14.8. The van der Waals surface area contributed by atoms with Crippen LogP contribution in [0, 0.1) is 0 Å². The van der Waals surface area contributed by atoms with E-state index in [4.69, 9.17) is 5.11 Å². The molecule has 0 unspecified atom stereocenters. The lowest BCUT2D eigenvalue weighted by molar-refractivity contribution is -0.136. The first-order valence-electron chi connectivity index (χ1n) is 10.4. The van der Waals surface area contributed by atoms with E-state index in [1.54, 1.807) is 0 Å². The van der Waals surface area contributed by atoms with Gasteiger partial charge in [-0.05, 0) is 39.3 Å². The molecule has 0 aliphatic carbocycles. The molecule has 5 nitrogen and oxygen atoms in total. The molecule has 1 aromatic heterocycles. The van der Waals surface area contributed by atoms with E-state index < -0.39 is 5.97 Å². The fourth-order valence-corrected chi connectivity index (χ4v) is 3.73. The second kappa shape index (κ2) is 8.26. The van der Waals surface area contributed by atoms with Crippen LogP contribution in [0.3, 0.4) is 0 Å². The molecule has 1 heterocycles. The fourth-order valence-electron chi connectivity index (χ4n) is 3.73. The van der Waals surface area contributed by atoms with E-state index in [2.05, 4.69) is 66.6 Å². The smallest absolute Gasteiger partial charge is 0.307 e. The quantitative estimate of drug-likeness (QED) is 0.375. The predicted molar refractivity (Wildman–Crippen MR) is 125 cm³/mol. The van der Waals surface area contributed by atoms with Gasteiger partial charge in [0.2, 0.25) is 0 Å². The highest BCUT2D eigenvalue weighted by Crippen LogP contribution is 2.34. The van der Waals surface area contributed by atoms with Gasteiger partial charge in [0.1, 0.15) is 0 Å². The molecule has 0 spiro atoms. The van der Waals surface area contributed by atoms with Crippen LogP contribution in [-0.4, -0.2) is 21.3 Å². The van der Waals surface area contributed by atoms with Gasteiger partial charge in [-0.1, -0.05) is 81.4 Å². The number of aliphatic carboxylic acids is 1. The van der Waals surface area contributed by atoms with Crippen LogP contribution in [0.2, 0.25) is 0 Å². The molecule has 31 heavy (non-hydrogen) atoms. The van der Waals surface area contributed by atoms with Gasteiger partial charge in [-0.2, -0.15) is 5.10 Å². The summed E-state index contributed by atoms with van der Waals surface area (Å²) >= 11 is 0. The Morgan fingerprint density at radius 3 is 2.29 bits per heavy atom. The van der Waals surface area contributed by atoms with Crippen LogP contribution in [0.4, 0.5) is 5.82 Å². The van der Waals surface area contributed by atoms with Crippen molar-refractivity contribution in [2.45, 2.75) is 39.2 Å². The SMILES string of the molecule is CC(C)(C)c1ccc(-c2cccc3[nH]nc(NCc4ccc(CC(=O)O)cc4)c23)cc1. The summed E-state index contributed by atoms with van der Waals surface area (Å²) in [6.45, 7) is 7.25. The minimum Gasteiger partial charge on any atom is -0.481 e. The Bertz CT molecular complexity index is 1200. The van der Waals surface area contributed by atoms with E-state index in [1.807, 2.05) is 36.4 Å². The van der Waals surface area contributed by atoms with E-state index in [0.717, 1.165) is 39.0 Å². The summed E-state index contributed by atoms with van der Waals surface area (Å²) in [5.74, 6) is -0.0166. The van der Waals surface area contributed by atoms with Gasteiger partial charge in [0.15, 0.2) is 5.82 Å². The number of anilines is 1. The van der Waals surface area contributed by atoms with Gasteiger partial charge in [-0.3, -0.25) is 9.89 Å². The zero-order valence-electron chi connectivity index (χ0n) is 18.1. The first kappa shape index (κ1) is 20.7. The number of carboxylic acids is 1. The number of carboxylic acid groups (broad SMARTS) is 1. The average Bonchev–Trinajstić information content (AvgIpc) is 3.16. The summed E-state index contributed by atoms with van der Waals surface area (Å²) in [4.78, 5) is 10.9. The Morgan fingerprint density at radius 1 is 0.968 bits per heavy atom. The van der Waals surface area contributed by atoms with Crippen molar-refractivity contribution in [2.24, 2.45) is 0 Å². The molecule has 5 heteroatoms. The van der Waals surface area contributed by atoms with E-state index >= 15 is 0 Å². The number of fused-ring (bicyclic) bond motifs is 1. The third-order valence-corrected chi connectivity index (χ3v) is 5.49. The summed E-state index contributed by atoms with van der Waals surface area (Å²) in [5.41, 5.74) is 6.55. The number of nitrogens with zero attached hydrogens (tertiary/aromatic N) is 1. The third-order valence-electron chi connectivity index (χ3n) is 5.49. The summed E-state index contributed by atoms with van der Waals surface area (Å²) in [7, 11) is 0. The summed E-state index contributed by atoms with van der Waals surface area (Å²) < 4.78 is 0. The Morgan fingerprint density at radius 2 is 1.65 bits per heavy atom. The number of benzene rings is 3. The molecule has 3 N–H and O–H groups in total. The summed E-state index contributed by atoms with van der Waals surface area (Å²) in [6.07, 6.45) is 0.0368. The molecule has 0 saturated carbocycles. The molecular weight excluding hydrogens is 386 g/mol. The van der Waals surface area contributed by atoms with Crippen molar-refractivity contribution in [3.05, 3.63) is 83.4 Å². The maximum absolute atomic E-state index is 10.9. The maximum Gasteiger partial charge on any atom is 0.307 e. The Balaban J connectivity index is 1.59. The molecule has 158 valence electrons. The van der Waals surface area contributed by atoms with Crippen molar-refractivity contribution in [3.63, 3.8) is 0 Å². The van der Waals surface area contributed by atoms with Gasteiger partial charge in [0, 0.05) is 6.54 Å². The monoisotopic (exact) mass is 413 g/mol. The second-order valence-corrected chi connectivity index (χ2v) is 8.87. The Kier molecular flexibility index (Phi) is 5.51. The van der Waals surface area contributed by atoms with Crippen molar-refractivity contribution in [1.82, 2.24) is 10.2 Å². The van der Waals surface area contributed by atoms with Gasteiger partial charge in [-0.15, -0.1) is 0 Å². The average molecular weight is 414 g/mol. The molecule has 3 aromatic carbocycles. The number of hydrogen-bond donors (Lipinski definition) is 3. The molecule has 4 aromatic rings. The molecule has 0 amide bonds. The van der Waals surface area contributed by atoms with Crippen LogP contribution < -0.4 is 5.32 Å². The minimum absolute atomic E-state index is 0.0368. The number of carbonyl (C=O) groups is 1. The molecule has 0 fully saturated rings. The molecular formula is C26H27N3O2. The highest BCUT2D eigenvalue weighted by molar-refractivity contribution is 6.02. The molecule has 0 aliphatic rings. The fraction of sp³-hybridized carbons (Fsp3) is 0.231. The van der Waals surface area contributed by atoms with Crippen molar-refractivity contribution in [1.29, 1.82) is 0 Å². The number of aromatic nitrogens is 2. The van der Waals surface area contributed by atoms with Crippen molar-refractivity contribution in [2.75, 3.05) is 5.32 Å². The predicted octanol–water partition coefficient (Wildman–Crippen LogP) is 5.77. The van der Waals surface area contributed by atoms with Gasteiger partial charge in [0.25, 0.3) is 0 Å². The zero-order chi connectivity index (χ0) is 22.0. The molecule has 0 radical (unpaired) electrons. The molecule has 0 aliphatic heterocycles. The van der Waals surface area contributed by atoms with Crippen LogP contribution >= 0.6 is 0 Å². The van der Waals surface area contributed by atoms with Gasteiger partial charge in [-0.25, -0.2) is 0 Å². The highest BCUT2D eigenvalue weighted by Gasteiger charge is 2.15. The molecule has 0 saturated heterocycles. The number of rotatable bonds is 6. The normalized spacial score (nSPS) is 11.6. The third kappa shape index (κ3) is 4.61. The minimum atomic E-state index is -0.822. The highest BCUT2D eigenvalue weighted by atomic mass is 16.4.